The van der Waals surface area contributed by atoms with Crippen molar-refractivity contribution in [2.45, 2.75) is 26.1 Å². The van der Waals surface area contributed by atoms with Crippen molar-refractivity contribution in [2.75, 3.05) is 0 Å². The number of rotatable bonds is 5. The Balaban J connectivity index is 1.49. The molecule has 4 aromatic rings. The Hall–Kier alpha value is -3.93. The number of hydrogen-bond acceptors (Lipinski definition) is 3. The molecule has 5 rings (SSSR count). The quantitative estimate of drug-likeness (QED) is 0.460. The van der Waals surface area contributed by atoms with Crippen LogP contribution in [0.15, 0.2) is 85.1 Å². The molecule has 31 heavy (non-hydrogen) atoms. The Kier molecular flexibility index (Phi) is 4.75. The first-order chi connectivity index (χ1) is 15.1. The van der Waals surface area contributed by atoms with Gasteiger partial charge in [-0.1, -0.05) is 66.7 Å². The molecule has 0 spiro atoms. The summed E-state index contributed by atoms with van der Waals surface area (Å²) in [5, 5.41) is 0. The van der Waals surface area contributed by atoms with Crippen LogP contribution in [0.4, 0.5) is 4.79 Å². The number of carbonyl (C=O) groups excluding carboxylic acids is 2. The second kappa shape index (κ2) is 7.72. The molecule has 1 fully saturated rings. The number of benzene rings is 2. The van der Waals surface area contributed by atoms with Crippen molar-refractivity contribution in [3.05, 3.63) is 108 Å². The van der Waals surface area contributed by atoms with Crippen molar-refractivity contribution in [2.24, 2.45) is 0 Å². The highest BCUT2D eigenvalue weighted by Crippen LogP contribution is 2.33. The summed E-state index contributed by atoms with van der Waals surface area (Å²) < 4.78 is 1.97. The van der Waals surface area contributed by atoms with Crippen LogP contribution >= 0.6 is 0 Å². The average molecular weight is 410 g/mol. The van der Waals surface area contributed by atoms with Crippen molar-refractivity contribution in [1.29, 1.82) is 0 Å². The number of fused-ring (bicyclic) bond motifs is 1. The molecule has 3 heterocycles. The normalized spacial score (nSPS) is 16.5. The van der Waals surface area contributed by atoms with E-state index >= 15 is 0 Å². The van der Waals surface area contributed by atoms with E-state index in [-0.39, 0.29) is 18.5 Å². The van der Waals surface area contributed by atoms with Crippen LogP contribution in [0.3, 0.4) is 0 Å². The van der Waals surface area contributed by atoms with Gasteiger partial charge < -0.3 is 9.30 Å². The van der Waals surface area contributed by atoms with Crippen molar-refractivity contribution in [1.82, 2.24) is 19.2 Å². The summed E-state index contributed by atoms with van der Waals surface area (Å²) in [7, 11) is 0. The first-order valence-corrected chi connectivity index (χ1v) is 10.3. The SMILES string of the molecule is Cc1cccc2nc(CN3C(=O)C(c4ccccc4)N(Cc4ccccc4)C3=O)cn12. The van der Waals surface area contributed by atoms with Crippen LogP contribution in [0.2, 0.25) is 0 Å². The molecule has 154 valence electrons. The van der Waals surface area contributed by atoms with E-state index in [0.29, 0.717) is 12.2 Å². The van der Waals surface area contributed by atoms with Crippen LogP contribution in [-0.2, 0) is 17.9 Å². The summed E-state index contributed by atoms with van der Waals surface area (Å²) >= 11 is 0. The second-order valence-corrected chi connectivity index (χ2v) is 7.76. The summed E-state index contributed by atoms with van der Waals surface area (Å²) in [5.74, 6) is -0.221. The van der Waals surface area contributed by atoms with Crippen molar-refractivity contribution in [3.8, 4) is 0 Å². The van der Waals surface area contributed by atoms with Gasteiger partial charge in [-0.15, -0.1) is 0 Å². The Morgan fingerprint density at radius 1 is 0.839 bits per heavy atom. The minimum absolute atomic E-state index is 0.146. The average Bonchev–Trinajstić information content (AvgIpc) is 3.31. The fourth-order valence-electron chi connectivity index (χ4n) is 4.12. The fraction of sp³-hybridized carbons (Fsp3) is 0.160. The number of imide groups is 1. The van der Waals surface area contributed by atoms with Crippen LogP contribution in [0.25, 0.3) is 5.65 Å². The molecule has 6 nitrogen and oxygen atoms in total. The lowest BCUT2D eigenvalue weighted by molar-refractivity contribution is -0.129. The van der Waals surface area contributed by atoms with Gasteiger partial charge in [0.1, 0.15) is 11.7 Å². The standard InChI is InChI=1S/C25H22N4O2/c1-18-9-8-14-22-26-21(16-27(18)22)17-29-24(30)23(20-12-6-3-7-13-20)28(25(29)31)15-19-10-4-2-5-11-19/h2-14,16,23H,15,17H2,1H3. The van der Waals surface area contributed by atoms with Crippen LogP contribution in [0.5, 0.6) is 0 Å². The molecule has 1 unspecified atom stereocenters. The van der Waals surface area contributed by atoms with E-state index in [4.69, 9.17) is 0 Å². The van der Waals surface area contributed by atoms with E-state index in [2.05, 4.69) is 4.98 Å². The highest BCUT2D eigenvalue weighted by molar-refractivity contribution is 6.04. The number of pyridine rings is 1. The molecule has 1 aliphatic heterocycles. The maximum absolute atomic E-state index is 13.4. The third-order valence-electron chi connectivity index (χ3n) is 5.67. The van der Waals surface area contributed by atoms with E-state index in [1.807, 2.05) is 96.4 Å². The highest BCUT2D eigenvalue weighted by atomic mass is 16.2. The van der Waals surface area contributed by atoms with Gasteiger partial charge in [0.15, 0.2) is 0 Å². The molecule has 1 aliphatic rings. The minimum atomic E-state index is -0.646. The molecular formula is C25H22N4O2. The largest absolute Gasteiger partial charge is 0.328 e. The van der Waals surface area contributed by atoms with Crippen molar-refractivity contribution in [3.63, 3.8) is 0 Å². The number of aromatic nitrogens is 2. The molecule has 1 saturated heterocycles. The number of amides is 3. The van der Waals surface area contributed by atoms with Crippen LogP contribution in [-0.4, -0.2) is 31.1 Å². The Bertz CT molecular complexity index is 1250. The molecule has 0 radical (unpaired) electrons. The molecular weight excluding hydrogens is 388 g/mol. The maximum atomic E-state index is 13.4. The summed E-state index contributed by atoms with van der Waals surface area (Å²) in [4.78, 5) is 34.4. The molecule has 2 aromatic heterocycles. The molecule has 0 bridgehead atoms. The van der Waals surface area contributed by atoms with Gasteiger partial charge in [0, 0.05) is 18.4 Å². The summed E-state index contributed by atoms with van der Waals surface area (Å²) in [6.45, 7) is 2.51. The summed E-state index contributed by atoms with van der Waals surface area (Å²) in [6.07, 6.45) is 1.89. The van der Waals surface area contributed by atoms with Gasteiger partial charge in [0.25, 0.3) is 5.91 Å². The zero-order chi connectivity index (χ0) is 21.4. The third-order valence-corrected chi connectivity index (χ3v) is 5.67. The number of carbonyl (C=O) groups is 2. The smallest absolute Gasteiger partial charge is 0.304 e. The van der Waals surface area contributed by atoms with Crippen LogP contribution < -0.4 is 0 Å². The summed E-state index contributed by atoms with van der Waals surface area (Å²) in [6, 6.07) is 24.1. The van der Waals surface area contributed by atoms with E-state index < -0.39 is 6.04 Å². The predicted octanol–water partition coefficient (Wildman–Crippen LogP) is 4.35. The lowest BCUT2D eigenvalue weighted by Gasteiger charge is -2.22. The first-order valence-electron chi connectivity index (χ1n) is 10.3. The van der Waals surface area contributed by atoms with Gasteiger partial charge in [-0.3, -0.25) is 9.69 Å². The molecule has 0 aliphatic carbocycles. The highest BCUT2D eigenvalue weighted by Gasteiger charge is 2.45. The van der Waals surface area contributed by atoms with E-state index in [0.717, 1.165) is 22.5 Å². The predicted molar refractivity (Wildman–Crippen MR) is 117 cm³/mol. The topological polar surface area (TPSA) is 57.9 Å². The summed E-state index contributed by atoms with van der Waals surface area (Å²) in [5.41, 5.74) is 4.32. The molecule has 1 atom stereocenters. The number of nitrogens with zero attached hydrogens (tertiary/aromatic N) is 4. The Morgan fingerprint density at radius 2 is 1.55 bits per heavy atom. The number of urea groups is 1. The molecule has 0 saturated carbocycles. The maximum Gasteiger partial charge on any atom is 0.328 e. The van der Waals surface area contributed by atoms with Gasteiger partial charge in [-0.2, -0.15) is 0 Å². The zero-order valence-electron chi connectivity index (χ0n) is 17.2. The van der Waals surface area contributed by atoms with Crippen LogP contribution in [0, 0.1) is 6.92 Å². The number of hydrogen-bond donors (Lipinski definition) is 0. The molecule has 6 heteroatoms. The monoisotopic (exact) mass is 410 g/mol. The van der Waals surface area contributed by atoms with E-state index in [1.54, 1.807) is 4.90 Å². The first kappa shape index (κ1) is 19.1. The molecule has 2 aromatic carbocycles. The second-order valence-electron chi connectivity index (χ2n) is 7.76. The van der Waals surface area contributed by atoms with Crippen molar-refractivity contribution < 1.29 is 9.59 Å². The zero-order valence-corrected chi connectivity index (χ0v) is 17.2. The molecule has 3 amide bonds. The van der Waals surface area contributed by atoms with Gasteiger partial charge in [0.05, 0.1) is 12.2 Å². The third kappa shape index (κ3) is 3.46. The molecule has 0 N–H and O–H groups in total. The van der Waals surface area contributed by atoms with Crippen LogP contribution in [0.1, 0.15) is 28.6 Å². The number of imidazole rings is 1. The van der Waals surface area contributed by atoms with Gasteiger partial charge in [-0.25, -0.2) is 9.78 Å². The van der Waals surface area contributed by atoms with Crippen molar-refractivity contribution >= 4 is 17.6 Å². The van der Waals surface area contributed by atoms with E-state index in [1.165, 1.54) is 4.90 Å². The van der Waals surface area contributed by atoms with Gasteiger partial charge in [-0.05, 0) is 30.2 Å². The fourth-order valence-corrected chi connectivity index (χ4v) is 4.12. The van der Waals surface area contributed by atoms with E-state index in [9.17, 15) is 9.59 Å². The number of aryl methyl sites for hydroxylation is 1. The minimum Gasteiger partial charge on any atom is -0.304 e. The lowest BCUT2D eigenvalue weighted by Crippen LogP contribution is -2.32. The Labute approximate surface area is 180 Å². The van der Waals surface area contributed by atoms with Gasteiger partial charge in [0.2, 0.25) is 0 Å². The Morgan fingerprint density at radius 3 is 2.26 bits per heavy atom. The lowest BCUT2D eigenvalue weighted by atomic mass is 10.1. The van der Waals surface area contributed by atoms with Gasteiger partial charge >= 0.3 is 6.03 Å².